The van der Waals surface area contributed by atoms with Gasteiger partial charge >= 0.3 is 5.97 Å². The summed E-state index contributed by atoms with van der Waals surface area (Å²) in [7, 11) is 0. The normalized spacial score (nSPS) is 11.9. The number of nitrogen functional groups attached to an aromatic ring is 1. The number of carbonyl (C=O) groups is 2. The van der Waals surface area contributed by atoms with Crippen molar-refractivity contribution in [1.82, 2.24) is 5.32 Å². The average molecular weight is 240 g/mol. The van der Waals surface area contributed by atoms with Crippen molar-refractivity contribution < 1.29 is 19.1 Å². The zero-order valence-corrected chi connectivity index (χ0v) is 9.24. The van der Waals surface area contributed by atoms with E-state index >= 15 is 0 Å². The van der Waals surface area contributed by atoms with Gasteiger partial charge in [0.1, 0.15) is 5.82 Å². The molecule has 0 bridgehead atoms. The molecule has 1 amide bonds. The van der Waals surface area contributed by atoms with E-state index < -0.39 is 23.6 Å². The number of aliphatic carboxylic acids is 1. The Morgan fingerprint density at radius 2 is 2.18 bits per heavy atom. The molecule has 0 fully saturated rings. The summed E-state index contributed by atoms with van der Waals surface area (Å²) in [5, 5.41) is 11.0. The third kappa shape index (κ3) is 3.44. The molecule has 1 aromatic rings. The van der Waals surface area contributed by atoms with Crippen LogP contribution in [0, 0.1) is 11.7 Å². The van der Waals surface area contributed by atoms with Crippen molar-refractivity contribution in [3.8, 4) is 0 Å². The molecule has 0 radical (unpaired) electrons. The molecule has 0 aromatic heterocycles. The smallest absolute Gasteiger partial charge is 0.308 e. The largest absolute Gasteiger partial charge is 0.481 e. The molecule has 1 aromatic carbocycles. The number of carboxylic acids is 1. The highest BCUT2D eigenvalue weighted by Crippen LogP contribution is 2.11. The molecule has 1 unspecified atom stereocenters. The van der Waals surface area contributed by atoms with Crippen LogP contribution in [0.15, 0.2) is 18.2 Å². The van der Waals surface area contributed by atoms with Gasteiger partial charge in [-0.2, -0.15) is 0 Å². The fraction of sp³-hybridized carbons (Fsp3) is 0.273. The number of nitrogens with two attached hydrogens (primary N) is 1. The topological polar surface area (TPSA) is 92.4 Å². The fourth-order valence-corrected chi connectivity index (χ4v) is 1.10. The summed E-state index contributed by atoms with van der Waals surface area (Å²) in [6.07, 6.45) is 0. The van der Waals surface area contributed by atoms with Crippen LogP contribution in [0.25, 0.3) is 0 Å². The molecule has 17 heavy (non-hydrogen) atoms. The van der Waals surface area contributed by atoms with Crippen LogP contribution in [0.1, 0.15) is 17.3 Å². The minimum Gasteiger partial charge on any atom is -0.481 e. The van der Waals surface area contributed by atoms with Gasteiger partial charge < -0.3 is 16.2 Å². The summed E-state index contributed by atoms with van der Waals surface area (Å²) in [6, 6.07) is 3.67. The molecule has 0 aliphatic carbocycles. The van der Waals surface area contributed by atoms with E-state index in [1.165, 1.54) is 19.1 Å². The number of nitrogens with one attached hydrogen (secondary N) is 1. The number of halogens is 1. The van der Waals surface area contributed by atoms with E-state index in [1.54, 1.807) is 0 Å². The predicted molar refractivity (Wildman–Crippen MR) is 59.9 cm³/mol. The van der Waals surface area contributed by atoms with Crippen LogP contribution in [-0.4, -0.2) is 23.5 Å². The first-order valence-electron chi connectivity index (χ1n) is 4.98. The Labute approximate surface area is 97.4 Å². The van der Waals surface area contributed by atoms with E-state index in [0.717, 1.165) is 6.07 Å². The highest BCUT2D eigenvalue weighted by atomic mass is 19.1. The quantitative estimate of drug-likeness (QED) is 0.680. The first-order chi connectivity index (χ1) is 7.91. The second-order valence-electron chi connectivity index (χ2n) is 3.69. The summed E-state index contributed by atoms with van der Waals surface area (Å²) in [4.78, 5) is 22.0. The fourth-order valence-electron chi connectivity index (χ4n) is 1.10. The van der Waals surface area contributed by atoms with Crippen LogP contribution in [0.4, 0.5) is 10.1 Å². The molecule has 0 spiro atoms. The van der Waals surface area contributed by atoms with Gasteiger partial charge in [-0.15, -0.1) is 0 Å². The SMILES string of the molecule is CC(CNC(=O)c1ccc(N)c(F)c1)C(=O)O. The second kappa shape index (κ2) is 5.29. The van der Waals surface area contributed by atoms with Gasteiger partial charge in [-0.25, -0.2) is 4.39 Å². The Kier molecular flexibility index (Phi) is 4.03. The molecule has 0 heterocycles. The number of hydrogen-bond donors (Lipinski definition) is 3. The van der Waals surface area contributed by atoms with Gasteiger partial charge in [-0.05, 0) is 18.2 Å². The number of benzene rings is 1. The Bertz CT molecular complexity index is 448. The van der Waals surface area contributed by atoms with Crippen molar-refractivity contribution in [2.24, 2.45) is 5.92 Å². The van der Waals surface area contributed by atoms with Crippen molar-refractivity contribution in [1.29, 1.82) is 0 Å². The van der Waals surface area contributed by atoms with Gasteiger partial charge in [0.15, 0.2) is 0 Å². The lowest BCUT2D eigenvalue weighted by atomic mass is 10.1. The minimum atomic E-state index is -1.01. The molecule has 0 saturated carbocycles. The van der Waals surface area contributed by atoms with Crippen molar-refractivity contribution in [2.45, 2.75) is 6.92 Å². The predicted octanol–water partition coefficient (Wildman–Crippen LogP) is 0.858. The van der Waals surface area contributed by atoms with Crippen LogP contribution in [0.5, 0.6) is 0 Å². The van der Waals surface area contributed by atoms with Crippen LogP contribution >= 0.6 is 0 Å². The van der Waals surface area contributed by atoms with Crippen LogP contribution in [0.2, 0.25) is 0 Å². The molecular weight excluding hydrogens is 227 g/mol. The molecular formula is C11H13FN2O3. The van der Waals surface area contributed by atoms with Gasteiger partial charge in [0, 0.05) is 12.1 Å². The van der Waals surface area contributed by atoms with Crippen molar-refractivity contribution in [3.63, 3.8) is 0 Å². The zero-order chi connectivity index (χ0) is 13.0. The number of anilines is 1. The Morgan fingerprint density at radius 1 is 1.53 bits per heavy atom. The number of carbonyl (C=O) groups excluding carboxylic acids is 1. The van der Waals surface area contributed by atoms with Crippen LogP contribution in [0.3, 0.4) is 0 Å². The van der Waals surface area contributed by atoms with E-state index in [4.69, 9.17) is 10.8 Å². The second-order valence-corrected chi connectivity index (χ2v) is 3.69. The van der Waals surface area contributed by atoms with E-state index in [2.05, 4.69) is 5.32 Å². The lowest BCUT2D eigenvalue weighted by Gasteiger charge is -2.08. The number of carboxylic acid groups (broad SMARTS) is 1. The first kappa shape index (κ1) is 13.0. The summed E-state index contributed by atoms with van der Waals surface area (Å²) in [6.45, 7) is 1.45. The van der Waals surface area contributed by atoms with Crippen molar-refractivity contribution in [2.75, 3.05) is 12.3 Å². The number of amides is 1. The molecule has 0 aliphatic rings. The highest BCUT2D eigenvalue weighted by molar-refractivity contribution is 5.94. The van der Waals surface area contributed by atoms with Gasteiger partial charge in [-0.1, -0.05) is 6.92 Å². The lowest BCUT2D eigenvalue weighted by Crippen LogP contribution is -2.31. The molecule has 1 rings (SSSR count). The average Bonchev–Trinajstić information content (AvgIpc) is 2.28. The first-order valence-corrected chi connectivity index (χ1v) is 4.98. The van der Waals surface area contributed by atoms with E-state index in [-0.39, 0.29) is 17.8 Å². The zero-order valence-electron chi connectivity index (χ0n) is 9.24. The van der Waals surface area contributed by atoms with Crippen molar-refractivity contribution >= 4 is 17.6 Å². The molecule has 1 atom stereocenters. The Hall–Kier alpha value is -2.11. The van der Waals surface area contributed by atoms with E-state index in [9.17, 15) is 14.0 Å². The van der Waals surface area contributed by atoms with Gasteiger partial charge in [0.25, 0.3) is 5.91 Å². The summed E-state index contributed by atoms with van der Waals surface area (Å²) >= 11 is 0. The highest BCUT2D eigenvalue weighted by Gasteiger charge is 2.13. The van der Waals surface area contributed by atoms with E-state index in [0.29, 0.717) is 0 Å². The monoisotopic (exact) mass is 240 g/mol. The molecule has 0 saturated heterocycles. The molecule has 5 nitrogen and oxygen atoms in total. The van der Waals surface area contributed by atoms with Crippen LogP contribution in [-0.2, 0) is 4.79 Å². The maximum Gasteiger partial charge on any atom is 0.308 e. The summed E-state index contributed by atoms with van der Waals surface area (Å²) < 4.78 is 13.1. The number of rotatable bonds is 4. The lowest BCUT2D eigenvalue weighted by molar-refractivity contribution is -0.140. The van der Waals surface area contributed by atoms with Gasteiger partial charge in [-0.3, -0.25) is 9.59 Å². The maximum atomic E-state index is 13.1. The third-order valence-electron chi connectivity index (χ3n) is 2.25. The molecule has 92 valence electrons. The van der Waals surface area contributed by atoms with Crippen LogP contribution < -0.4 is 11.1 Å². The number of hydrogen-bond acceptors (Lipinski definition) is 3. The summed E-state index contributed by atoms with van der Waals surface area (Å²) in [5.74, 6) is -2.91. The Balaban J connectivity index is 2.64. The Morgan fingerprint density at radius 3 is 2.71 bits per heavy atom. The molecule has 0 aliphatic heterocycles. The van der Waals surface area contributed by atoms with Gasteiger partial charge in [0.2, 0.25) is 0 Å². The van der Waals surface area contributed by atoms with E-state index in [1.807, 2.05) is 0 Å². The molecule has 6 heteroatoms. The summed E-state index contributed by atoms with van der Waals surface area (Å²) in [5.41, 5.74) is 5.33. The molecule has 4 N–H and O–H groups in total. The van der Waals surface area contributed by atoms with Crippen molar-refractivity contribution in [3.05, 3.63) is 29.6 Å². The minimum absolute atomic E-state index is 0.0137. The standard InChI is InChI=1S/C11H13FN2O3/c1-6(11(16)17)5-14-10(15)7-2-3-9(13)8(12)4-7/h2-4,6H,5,13H2,1H3,(H,14,15)(H,16,17). The van der Waals surface area contributed by atoms with Gasteiger partial charge in [0.05, 0.1) is 11.6 Å². The third-order valence-corrected chi connectivity index (χ3v) is 2.25. The maximum absolute atomic E-state index is 13.1.